The summed E-state index contributed by atoms with van der Waals surface area (Å²) in [6.07, 6.45) is -3.12. The largest absolute Gasteiger partial charge is 0.573 e. The summed E-state index contributed by atoms with van der Waals surface area (Å²) in [7, 11) is 0. The number of thioether (sulfide) groups is 1. The van der Waals surface area contributed by atoms with Crippen molar-refractivity contribution in [2.24, 2.45) is 0 Å². The number of aromatic nitrogens is 2. The highest BCUT2D eigenvalue weighted by molar-refractivity contribution is 8.00. The number of carbonyl (C=O) groups excluding carboxylic acids is 1. The number of ether oxygens (including phenoxy) is 2. The van der Waals surface area contributed by atoms with Crippen LogP contribution in [-0.4, -0.2) is 39.8 Å². The number of hydrogen-bond acceptors (Lipinski definition) is 6. The molecule has 1 N–H and O–H groups in total. The second-order valence-corrected chi connectivity index (χ2v) is 9.09. The molecule has 1 saturated heterocycles. The first-order valence-corrected chi connectivity index (χ1v) is 11.5. The van der Waals surface area contributed by atoms with Crippen LogP contribution in [0.5, 0.6) is 5.75 Å². The standard InChI is InChI=1S/C23H22F3N3O4S/c1-14(20(30)27-15-8-10-16(11-9-15)33-23(24,25)26)34-22-28-19-7-3-2-6-18(19)21(31)29(22)13-17-5-4-12-32-17/h2-3,6-11,14,17H,4-5,12-13H2,1H3,(H,27,30). The Hall–Kier alpha value is -3.05. The van der Waals surface area contributed by atoms with Crippen molar-refractivity contribution in [2.75, 3.05) is 11.9 Å². The van der Waals surface area contributed by atoms with E-state index in [1.165, 1.54) is 12.1 Å². The van der Waals surface area contributed by atoms with Gasteiger partial charge in [-0.1, -0.05) is 23.9 Å². The maximum Gasteiger partial charge on any atom is 0.573 e. The van der Waals surface area contributed by atoms with E-state index in [0.29, 0.717) is 34.9 Å². The number of alkyl halides is 3. The molecule has 180 valence electrons. The number of amides is 1. The zero-order chi connectivity index (χ0) is 24.3. The number of carbonyl (C=O) groups is 1. The van der Waals surface area contributed by atoms with Gasteiger partial charge in [-0.3, -0.25) is 14.2 Å². The van der Waals surface area contributed by atoms with E-state index in [9.17, 15) is 22.8 Å². The fourth-order valence-corrected chi connectivity index (χ4v) is 4.50. The van der Waals surface area contributed by atoms with Crippen molar-refractivity contribution >= 4 is 34.3 Å². The van der Waals surface area contributed by atoms with Crippen LogP contribution in [0.1, 0.15) is 19.8 Å². The number of nitrogens with one attached hydrogen (secondary N) is 1. The van der Waals surface area contributed by atoms with E-state index >= 15 is 0 Å². The summed E-state index contributed by atoms with van der Waals surface area (Å²) in [5.74, 6) is -0.771. The second kappa shape index (κ2) is 10.1. The normalized spacial score (nSPS) is 17.0. The molecule has 34 heavy (non-hydrogen) atoms. The number of rotatable bonds is 7. The molecule has 0 radical (unpaired) electrons. The third-order valence-electron chi connectivity index (χ3n) is 5.24. The number of para-hydroxylation sites is 1. The summed E-state index contributed by atoms with van der Waals surface area (Å²) in [6, 6.07) is 11.9. The Morgan fingerprint density at radius 1 is 1.26 bits per heavy atom. The van der Waals surface area contributed by atoms with Gasteiger partial charge in [0.2, 0.25) is 5.91 Å². The van der Waals surface area contributed by atoms with Crippen LogP contribution in [0.25, 0.3) is 10.9 Å². The summed E-state index contributed by atoms with van der Waals surface area (Å²) < 4.78 is 48.0. The van der Waals surface area contributed by atoms with Gasteiger partial charge >= 0.3 is 6.36 Å². The number of fused-ring (bicyclic) bond motifs is 1. The molecule has 0 bridgehead atoms. The van der Waals surface area contributed by atoms with Gasteiger partial charge in [-0.05, 0) is 56.2 Å². The molecule has 2 heterocycles. The molecule has 4 rings (SSSR count). The van der Waals surface area contributed by atoms with Crippen LogP contribution in [0, 0.1) is 0 Å². The van der Waals surface area contributed by atoms with Crippen molar-refractivity contribution in [3.8, 4) is 5.75 Å². The quantitative estimate of drug-likeness (QED) is 0.383. The van der Waals surface area contributed by atoms with Crippen molar-refractivity contribution in [2.45, 2.75) is 49.2 Å². The van der Waals surface area contributed by atoms with E-state index in [2.05, 4.69) is 15.0 Å². The summed E-state index contributed by atoms with van der Waals surface area (Å²) in [5.41, 5.74) is 0.651. The number of nitrogens with zero attached hydrogens (tertiary/aromatic N) is 2. The van der Waals surface area contributed by atoms with Crippen LogP contribution in [0.4, 0.5) is 18.9 Å². The fourth-order valence-electron chi connectivity index (χ4n) is 3.59. The van der Waals surface area contributed by atoms with E-state index in [-0.39, 0.29) is 23.3 Å². The van der Waals surface area contributed by atoms with Gasteiger partial charge in [-0.15, -0.1) is 13.2 Å². The molecule has 3 aromatic rings. The monoisotopic (exact) mass is 493 g/mol. The second-order valence-electron chi connectivity index (χ2n) is 7.78. The Bertz CT molecular complexity index is 1220. The highest BCUT2D eigenvalue weighted by atomic mass is 32.2. The molecule has 0 spiro atoms. The Balaban J connectivity index is 1.51. The molecule has 2 unspecified atom stereocenters. The van der Waals surface area contributed by atoms with Gasteiger partial charge in [0.05, 0.1) is 28.8 Å². The summed E-state index contributed by atoms with van der Waals surface area (Å²) >= 11 is 1.13. The van der Waals surface area contributed by atoms with E-state index in [1.807, 2.05) is 0 Å². The average Bonchev–Trinajstić information content (AvgIpc) is 3.30. The Morgan fingerprint density at radius 2 is 2.00 bits per heavy atom. The molecule has 11 heteroatoms. The van der Waals surface area contributed by atoms with Gasteiger partial charge < -0.3 is 14.8 Å². The van der Waals surface area contributed by atoms with Crippen molar-refractivity contribution < 1.29 is 27.4 Å². The minimum Gasteiger partial charge on any atom is -0.406 e. The van der Waals surface area contributed by atoms with Crippen LogP contribution >= 0.6 is 11.8 Å². The van der Waals surface area contributed by atoms with E-state index in [0.717, 1.165) is 36.7 Å². The fraction of sp³-hybridized carbons (Fsp3) is 0.348. The summed E-state index contributed by atoms with van der Waals surface area (Å²) in [5, 5.41) is 2.90. The lowest BCUT2D eigenvalue weighted by atomic mass is 10.2. The first kappa shape index (κ1) is 24.1. The molecule has 0 aliphatic carbocycles. The lowest BCUT2D eigenvalue weighted by Gasteiger charge is -2.18. The zero-order valence-electron chi connectivity index (χ0n) is 18.2. The first-order chi connectivity index (χ1) is 16.2. The summed E-state index contributed by atoms with van der Waals surface area (Å²) in [4.78, 5) is 30.5. The molecule has 1 aromatic heterocycles. The Kier molecular flexibility index (Phi) is 7.13. The van der Waals surface area contributed by atoms with E-state index in [1.54, 1.807) is 35.8 Å². The van der Waals surface area contributed by atoms with Crippen LogP contribution in [0.2, 0.25) is 0 Å². The predicted molar refractivity (Wildman–Crippen MR) is 122 cm³/mol. The van der Waals surface area contributed by atoms with E-state index in [4.69, 9.17) is 4.74 Å². The van der Waals surface area contributed by atoms with Gasteiger partial charge in [-0.2, -0.15) is 0 Å². The SMILES string of the molecule is CC(Sc1nc2ccccc2c(=O)n1CC1CCCO1)C(=O)Nc1ccc(OC(F)(F)F)cc1. The maximum absolute atomic E-state index is 13.2. The molecule has 1 aliphatic rings. The molecule has 7 nitrogen and oxygen atoms in total. The van der Waals surface area contributed by atoms with Gasteiger partial charge in [0.1, 0.15) is 5.75 Å². The molecule has 1 amide bonds. The van der Waals surface area contributed by atoms with Gasteiger partial charge in [0, 0.05) is 12.3 Å². The molecule has 1 fully saturated rings. The number of hydrogen-bond donors (Lipinski definition) is 1. The minimum atomic E-state index is -4.79. The Labute approximate surface area is 197 Å². The lowest BCUT2D eigenvalue weighted by Crippen LogP contribution is -2.30. The highest BCUT2D eigenvalue weighted by Gasteiger charge is 2.31. The number of anilines is 1. The zero-order valence-corrected chi connectivity index (χ0v) is 19.0. The highest BCUT2D eigenvalue weighted by Crippen LogP contribution is 2.27. The van der Waals surface area contributed by atoms with Crippen molar-refractivity contribution in [1.82, 2.24) is 9.55 Å². The van der Waals surface area contributed by atoms with E-state index < -0.39 is 11.6 Å². The summed E-state index contributed by atoms with van der Waals surface area (Å²) in [6.45, 7) is 2.65. The molecular formula is C23H22F3N3O4S. The third-order valence-corrected chi connectivity index (χ3v) is 6.33. The minimum absolute atomic E-state index is 0.0958. The predicted octanol–water partition coefficient (Wildman–Crippen LogP) is 4.59. The topological polar surface area (TPSA) is 82.5 Å². The van der Waals surface area contributed by atoms with Crippen molar-refractivity contribution in [1.29, 1.82) is 0 Å². The molecule has 0 saturated carbocycles. The van der Waals surface area contributed by atoms with Gasteiger partial charge in [0.15, 0.2) is 5.16 Å². The lowest BCUT2D eigenvalue weighted by molar-refractivity contribution is -0.274. The number of halogens is 3. The van der Waals surface area contributed by atoms with Crippen molar-refractivity contribution in [3.63, 3.8) is 0 Å². The van der Waals surface area contributed by atoms with Crippen LogP contribution in [0.15, 0.2) is 58.5 Å². The van der Waals surface area contributed by atoms with Crippen LogP contribution < -0.4 is 15.6 Å². The molecular weight excluding hydrogens is 471 g/mol. The average molecular weight is 494 g/mol. The van der Waals surface area contributed by atoms with Crippen molar-refractivity contribution in [3.05, 3.63) is 58.9 Å². The van der Waals surface area contributed by atoms with Crippen LogP contribution in [-0.2, 0) is 16.1 Å². The molecule has 2 atom stereocenters. The number of benzene rings is 2. The molecule has 2 aromatic carbocycles. The third kappa shape index (κ3) is 5.89. The molecule has 1 aliphatic heterocycles. The Morgan fingerprint density at radius 3 is 2.68 bits per heavy atom. The van der Waals surface area contributed by atoms with Gasteiger partial charge in [0.25, 0.3) is 5.56 Å². The van der Waals surface area contributed by atoms with Gasteiger partial charge in [-0.25, -0.2) is 4.98 Å². The smallest absolute Gasteiger partial charge is 0.406 e. The first-order valence-electron chi connectivity index (χ1n) is 10.6. The maximum atomic E-state index is 13.2. The van der Waals surface area contributed by atoms with Crippen LogP contribution in [0.3, 0.4) is 0 Å².